The van der Waals surface area contributed by atoms with Crippen LogP contribution in [0.25, 0.3) is 0 Å². The molecule has 0 unspecified atom stereocenters. The minimum Gasteiger partial charge on any atom is -0.508 e. The van der Waals surface area contributed by atoms with Crippen LogP contribution in [-0.2, 0) is 9.53 Å². The zero-order valence-corrected chi connectivity index (χ0v) is 19.8. The molecule has 0 fully saturated rings. The second kappa shape index (κ2) is 12.6. The Labute approximate surface area is 210 Å². The van der Waals surface area contributed by atoms with Crippen molar-refractivity contribution in [1.29, 1.82) is 5.26 Å². The molecule has 184 valence electrons. The maximum Gasteiger partial charge on any atom is 0.412 e. The first kappa shape index (κ1) is 25.8. The minimum absolute atomic E-state index is 0.0984. The van der Waals surface area contributed by atoms with Gasteiger partial charge in [-0.2, -0.15) is 5.26 Å². The first-order chi connectivity index (χ1) is 17.4. The second-order valence-electron chi connectivity index (χ2n) is 8.27. The Morgan fingerprint density at radius 1 is 1.06 bits per heavy atom. The van der Waals surface area contributed by atoms with Crippen molar-refractivity contribution in [3.8, 4) is 11.8 Å². The van der Waals surface area contributed by atoms with E-state index in [-0.39, 0.29) is 17.6 Å². The van der Waals surface area contributed by atoms with Crippen molar-refractivity contribution in [3.05, 3.63) is 96.1 Å². The number of carbonyl (C=O) groups is 2. The number of benzene rings is 3. The Hall–Kier alpha value is -4.77. The number of phenols is 1. The van der Waals surface area contributed by atoms with E-state index in [4.69, 9.17) is 15.7 Å². The average molecular weight is 485 g/mol. The fourth-order valence-corrected chi connectivity index (χ4v) is 3.55. The Balaban J connectivity index is 1.60. The number of anilines is 3. The van der Waals surface area contributed by atoms with Gasteiger partial charge < -0.3 is 20.9 Å². The Morgan fingerprint density at radius 3 is 2.42 bits per heavy atom. The summed E-state index contributed by atoms with van der Waals surface area (Å²) in [4.78, 5) is 24.8. The summed E-state index contributed by atoms with van der Waals surface area (Å²) in [5.41, 5.74) is 8.61. The van der Waals surface area contributed by atoms with Crippen LogP contribution in [0.15, 0.2) is 84.9 Å². The van der Waals surface area contributed by atoms with Gasteiger partial charge in [0.05, 0.1) is 23.0 Å². The van der Waals surface area contributed by atoms with E-state index < -0.39 is 12.2 Å². The number of phenolic OH excluding ortho intramolecular Hbond substituents is 1. The van der Waals surface area contributed by atoms with E-state index >= 15 is 0 Å². The molecule has 0 radical (unpaired) electrons. The van der Waals surface area contributed by atoms with Crippen molar-refractivity contribution in [2.75, 3.05) is 16.4 Å². The molecule has 0 aromatic heterocycles. The molecule has 8 nitrogen and oxygen atoms in total. The van der Waals surface area contributed by atoms with Crippen LogP contribution in [0.4, 0.5) is 21.9 Å². The van der Waals surface area contributed by atoms with Gasteiger partial charge in [-0.1, -0.05) is 37.3 Å². The number of hydrogen-bond acceptors (Lipinski definition) is 6. The van der Waals surface area contributed by atoms with E-state index in [0.29, 0.717) is 35.5 Å². The lowest BCUT2D eigenvalue weighted by atomic mass is 9.93. The molecule has 2 amide bonds. The van der Waals surface area contributed by atoms with Crippen molar-refractivity contribution in [3.63, 3.8) is 0 Å². The highest BCUT2D eigenvalue weighted by atomic mass is 16.6. The van der Waals surface area contributed by atoms with E-state index in [9.17, 15) is 14.7 Å². The lowest BCUT2D eigenvalue weighted by Crippen LogP contribution is -2.22. The first-order valence-electron chi connectivity index (χ1n) is 11.4. The van der Waals surface area contributed by atoms with Crippen LogP contribution in [0.2, 0.25) is 0 Å². The van der Waals surface area contributed by atoms with E-state index in [1.54, 1.807) is 66.7 Å². The molecule has 0 aliphatic rings. The first-order valence-corrected chi connectivity index (χ1v) is 11.4. The van der Waals surface area contributed by atoms with Gasteiger partial charge in [-0.3, -0.25) is 10.1 Å². The number of para-hydroxylation sites is 2. The highest BCUT2D eigenvalue weighted by Crippen LogP contribution is 2.31. The van der Waals surface area contributed by atoms with Crippen molar-refractivity contribution in [1.82, 2.24) is 0 Å². The van der Waals surface area contributed by atoms with Crippen LogP contribution in [0, 0.1) is 17.2 Å². The smallest absolute Gasteiger partial charge is 0.412 e. The van der Waals surface area contributed by atoms with E-state index in [1.807, 2.05) is 13.0 Å². The molecule has 0 saturated carbocycles. The summed E-state index contributed by atoms with van der Waals surface area (Å²) in [5.74, 6) is -0.271. The minimum atomic E-state index is -0.639. The number of nitrogens with two attached hydrogens (primary N) is 1. The van der Waals surface area contributed by atoms with Crippen LogP contribution in [0.1, 0.15) is 37.0 Å². The van der Waals surface area contributed by atoms with Crippen molar-refractivity contribution < 1.29 is 19.4 Å². The van der Waals surface area contributed by atoms with Crippen LogP contribution in [0.3, 0.4) is 0 Å². The summed E-state index contributed by atoms with van der Waals surface area (Å²) >= 11 is 0. The number of ether oxygens (including phenoxy) is 1. The number of rotatable bonds is 9. The van der Waals surface area contributed by atoms with Gasteiger partial charge in [-0.15, -0.1) is 0 Å². The Bertz CT molecular complexity index is 1250. The highest BCUT2D eigenvalue weighted by molar-refractivity contribution is 6.01. The standard InChI is InChI=1S/C28H28N4O4/c1-19(6-2-5-9-26(34)32-25-8-4-3-7-24(25)30)27(21-12-16-23(33)17-13-21)36-28(35)31-22-14-10-20(18-29)11-15-22/h3-5,7-17,19,27,33H,2,6,30H2,1H3,(H,31,35)(H,32,34)/b9-5+/t19-,27-/m1/s1. The summed E-state index contributed by atoms with van der Waals surface area (Å²) in [6, 6.07) is 22.0. The number of nitrogens with zero attached hydrogens (tertiary/aromatic N) is 1. The molecule has 5 N–H and O–H groups in total. The lowest BCUT2D eigenvalue weighted by Gasteiger charge is -2.24. The number of nitriles is 1. The maximum absolute atomic E-state index is 12.6. The fraction of sp³-hybridized carbons (Fsp3) is 0.179. The summed E-state index contributed by atoms with van der Waals surface area (Å²) < 4.78 is 5.76. The maximum atomic E-state index is 12.6. The number of aromatic hydroxyl groups is 1. The fourth-order valence-electron chi connectivity index (χ4n) is 3.55. The number of allylic oxidation sites excluding steroid dienone is 1. The molecule has 0 heterocycles. The summed E-state index contributed by atoms with van der Waals surface area (Å²) in [5, 5.41) is 24.0. The molecule has 0 aliphatic heterocycles. The Morgan fingerprint density at radius 2 is 1.75 bits per heavy atom. The number of hydrogen-bond donors (Lipinski definition) is 4. The third-order valence-corrected chi connectivity index (χ3v) is 5.51. The van der Waals surface area contributed by atoms with Gasteiger partial charge >= 0.3 is 6.09 Å². The third-order valence-electron chi connectivity index (χ3n) is 5.51. The number of amides is 2. The summed E-state index contributed by atoms with van der Waals surface area (Å²) in [6.07, 6.45) is 3.19. The lowest BCUT2D eigenvalue weighted by molar-refractivity contribution is -0.111. The number of nitrogens with one attached hydrogen (secondary N) is 2. The van der Waals surface area contributed by atoms with Gasteiger partial charge in [0.25, 0.3) is 0 Å². The van der Waals surface area contributed by atoms with Crippen LogP contribution in [0.5, 0.6) is 5.75 Å². The summed E-state index contributed by atoms with van der Waals surface area (Å²) in [7, 11) is 0. The Kier molecular flexibility index (Phi) is 9.06. The van der Waals surface area contributed by atoms with Crippen molar-refractivity contribution in [2.45, 2.75) is 25.9 Å². The topological polar surface area (TPSA) is 137 Å². The molecule has 36 heavy (non-hydrogen) atoms. The third kappa shape index (κ3) is 7.64. The molecule has 0 bridgehead atoms. The zero-order valence-electron chi connectivity index (χ0n) is 19.8. The van der Waals surface area contributed by atoms with Gasteiger partial charge in [0.15, 0.2) is 0 Å². The number of carbonyl (C=O) groups excluding carboxylic acids is 2. The molecule has 0 aliphatic carbocycles. The van der Waals surface area contributed by atoms with Gasteiger partial charge in [0, 0.05) is 5.69 Å². The average Bonchev–Trinajstić information content (AvgIpc) is 2.87. The van der Waals surface area contributed by atoms with Gasteiger partial charge in [-0.05, 0) is 78.9 Å². The quantitative estimate of drug-likeness (QED) is 0.225. The summed E-state index contributed by atoms with van der Waals surface area (Å²) in [6.45, 7) is 1.95. The predicted molar refractivity (Wildman–Crippen MR) is 139 cm³/mol. The molecule has 0 saturated heterocycles. The molecular weight excluding hydrogens is 456 g/mol. The van der Waals surface area contributed by atoms with Crippen LogP contribution >= 0.6 is 0 Å². The van der Waals surface area contributed by atoms with Gasteiger partial charge in [-0.25, -0.2) is 4.79 Å². The van der Waals surface area contributed by atoms with E-state index in [2.05, 4.69) is 10.6 Å². The van der Waals surface area contributed by atoms with Crippen molar-refractivity contribution in [2.24, 2.45) is 5.92 Å². The zero-order chi connectivity index (χ0) is 25.9. The normalized spacial score (nSPS) is 12.3. The van der Waals surface area contributed by atoms with Gasteiger partial charge in [0.1, 0.15) is 11.9 Å². The highest BCUT2D eigenvalue weighted by Gasteiger charge is 2.23. The molecule has 3 aromatic carbocycles. The second-order valence-corrected chi connectivity index (χ2v) is 8.27. The molecule has 8 heteroatoms. The number of nitrogen functional groups attached to an aromatic ring is 1. The molecular formula is C28H28N4O4. The molecule has 0 spiro atoms. The van der Waals surface area contributed by atoms with E-state index in [1.165, 1.54) is 18.2 Å². The van der Waals surface area contributed by atoms with Crippen LogP contribution < -0.4 is 16.4 Å². The molecule has 3 rings (SSSR count). The SMILES string of the molecule is C[C@H](CC/C=C/C(=O)Nc1ccccc1N)[C@@H](OC(=O)Nc1ccc(C#N)cc1)c1ccc(O)cc1. The molecule has 3 aromatic rings. The van der Waals surface area contributed by atoms with E-state index in [0.717, 1.165) is 5.56 Å². The predicted octanol–water partition coefficient (Wildman–Crippen LogP) is 5.75. The van der Waals surface area contributed by atoms with Crippen molar-refractivity contribution >= 4 is 29.1 Å². The van der Waals surface area contributed by atoms with Gasteiger partial charge in [0.2, 0.25) is 5.91 Å². The molecule has 2 atom stereocenters. The monoisotopic (exact) mass is 484 g/mol. The van der Waals surface area contributed by atoms with Crippen LogP contribution in [-0.4, -0.2) is 17.1 Å². The largest absolute Gasteiger partial charge is 0.508 e.